The molecular weight excluding hydrogens is 244 g/mol. The fraction of sp³-hybridized carbons (Fsp3) is 0.615. The Bertz CT molecular complexity index is 703. The Morgan fingerprint density at radius 3 is 2.63 bits per heavy atom. The molecule has 3 rings (SSSR count). The van der Waals surface area contributed by atoms with Gasteiger partial charge in [0.05, 0.1) is 0 Å². The SMILES string of the molecule is CCn1c(=O)[nH]c2nc(C3CCCCC3)[nH]c2c1=O. The normalized spacial score (nSPS) is 17.1. The fourth-order valence-electron chi connectivity index (χ4n) is 2.89. The van der Waals surface area contributed by atoms with Crippen molar-refractivity contribution >= 4 is 11.2 Å². The number of nitrogens with zero attached hydrogens (tertiary/aromatic N) is 2. The lowest BCUT2D eigenvalue weighted by Gasteiger charge is -2.18. The third-order valence-corrected chi connectivity index (χ3v) is 3.96. The molecule has 6 heteroatoms. The summed E-state index contributed by atoms with van der Waals surface area (Å²) in [5, 5.41) is 0. The van der Waals surface area contributed by atoms with Crippen LogP contribution in [0.4, 0.5) is 0 Å². The van der Waals surface area contributed by atoms with E-state index in [1.165, 1.54) is 23.8 Å². The molecule has 102 valence electrons. The summed E-state index contributed by atoms with van der Waals surface area (Å²) in [5.41, 5.74) is 0.139. The Morgan fingerprint density at radius 2 is 1.95 bits per heavy atom. The average molecular weight is 262 g/mol. The van der Waals surface area contributed by atoms with Gasteiger partial charge in [0.25, 0.3) is 5.56 Å². The molecular formula is C13H18N4O2. The monoisotopic (exact) mass is 262 g/mol. The summed E-state index contributed by atoms with van der Waals surface area (Å²) in [6.45, 7) is 2.14. The molecule has 1 fully saturated rings. The van der Waals surface area contributed by atoms with E-state index in [9.17, 15) is 9.59 Å². The number of aromatic amines is 2. The lowest BCUT2D eigenvalue weighted by Crippen LogP contribution is -2.34. The van der Waals surface area contributed by atoms with Crippen LogP contribution < -0.4 is 11.2 Å². The largest absolute Gasteiger partial charge is 0.336 e. The number of hydrogen-bond donors (Lipinski definition) is 2. The number of hydrogen-bond acceptors (Lipinski definition) is 3. The summed E-state index contributed by atoms with van der Waals surface area (Å²) in [5.74, 6) is 1.23. The number of H-pyrrole nitrogens is 2. The van der Waals surface area contributed by atoms with Gasteiger partial charge in [0, 0.05) is 12.5 Å². The highest BCUT2D eigenvalue weighted by atomic mass is 16.2. The van der Waals surface area contributed by atoms with Gasteiger partial charge >= 0.3 is 5.69 Å². The second-order valence-electron chi connectivity index (χ2n) is 5.16. The van der Waals surface area contributed by atoms with Crippen molar-refractivity contribution in [3.05, 3.63) is 26.7 Å². The quantitative estimate of drug-likeness (QED) is 0.859. The van der Waals surface area contributed by atoms with Crippen LogP contribution in [0.3, 0.4) is 0 Å². The van der Waals surface area contributed by atoms with Crippen LogP contribution in [0, 0.1) is 0 Å². The van der Waals surface area contributed by atoms with Gasteiger partial charge in [-0.15, -0.1) is 0 Å². The highest BCUT2D eigenvalue weighted by Gasteiger charge is 2.20. The van der Waals surface area contributed by atoms with E-state index in [0.717, 1.165) is 18.7 Å². The standard InChI is InChI=1S/C13H18N4O2/c1-2-17-12(18)9-11(16-13(17)19)15-10(14-9)8-6-4-3-5-7-8/h8H,2-7H2,1H3,(H,14,15)(H,16,19). The fourth-order valence-corrected chi connectivity index (χ4v) is 2.89. The van der Waals surface area contributed by atoms with Crippen LogP contribution in [-0.4, -0.2) is 19.5 Å². The van der Waals surface area contributed by atoms with Crippen molar-refractivity contribution in [1.82, 2.24) is 19.5 Å². The molecule has 2 heterocycles. The second-order valence-corrected chi connectivity index (χ2v) is 5.16. The van der Waals surface area contributed by atoms with Gasteiger partial charge in [0.1, 0.15) is 11.3 Å². The van der Waals surface area contributed by atoms with Crippen LogP contribution in [0.15, 0.2) is 9.59 Å². The molecule has 0 aliphatic heterocycles. The molecule has 1 aliphatic carbocycles. The topological polar surface area (TPSA) is 83.5 Å². The summed E-state index contributed by atoms with van der Waals surface area (Å²) < 4.78 is 1.19. The molecule has 2 aromatic rings. The first-order valence-electron chi connectivity index (χ1n) is 6.93. The number of fused-ring (bicyclic) bond motifs is 1. The first-order valence-corrected chi connectivity index (χ1v) is 6.93. The van der Waals surface area contributed by atoms with Crippen molar-refractivity contribution in [2.75, 3.05) is 0 Å². The first-order chi connectivity index (χ1) is 9.20. The molecule has 2 N–H and O–H groups in total. The van der Waals surface area contributed by atoms with Crippen molar-refractivity contribution in [1.29, 1.82) is 0 Å². The zero-order valence-electron chi connectivity index (χ0n) is 11.0. The zero-order valence-corrected chi connectivity index (χ0v) is 11.0. The summed E-state index contributed by atoms with van der Waals surface area (Å²) in [4.78, 5) is 34.1. The lowest BCUT2D eigenvalue weighted by atomic mass is 9.89. The molecule has 0 atom stereocenters. The Morgan fingerprint density at radius 1 is 1.21 bits per heavy atom. The van der Waals surface area contributed by atoms with Crippen LogP contribution >= 0.6 is 0 Å². The van der Waals surface area contributed by atoms with Crippen LogP contribution in [0.25, 0.3) is 11.2 Å². The van der Waals surface area contributed by atoms with Crippen molar-refractivity contribution < 1.29 is 0 Å². The van der Waals surface area contributed by atoms with E-state index in [0.29, 0.717) is 23.6 Å². The van der Waals surface area contributed by atoms with Crippen LogP contribution in [0.5, 0.6) is 0 Å². The van der Waals surface area contributed by atoms with Gasteiger partial charge in [0.15, 0.2) is 5.65 Å². The minimum absolute atomic E-state index is 0.282. The molecule has 1 aliphatic rings. The van der Waals surface area contributed by atoms with Crippen molar-refractivity contribution in [2.24, 2.45) is 0 Å². The van der Waals surface area contributed by atoms with E-state index >= 15 is 0 Å². The van der Waals surface area contributed by atoms with Gasteiger partial charge in [-0.2, -0.15) is 0 Å². The molecule has 0 saturated heterocycles. The molecule has 0 radical (unpaired) electrons. The van der Waals surface area contributed by atoms with E-state index in [-0.39, 0.29) is 11.2 Å². The van der Waals surface area contributed by atoms with Gasteiger partial charge < -0.3 is 4.98 Å². The molecule has 2 aromatic heterocycles. The predicted molar refractivity (Wildman–Crippen MR) is 72.5 cm³/mol. The number of imidazole rings is 1. The maximum atomic E-state index is 12.1. The number of nitrogens with one attached hydrogen (secondary N) is 2. The number of rotatable bonds is 2. The molecule has 0 aromatic carbocycles. The minimum atomic E-state index is -0.387. The van der Waals surface area contributed by atoms with Gasteiger partial charge in [-0.25, -0.2) is 9.78 Å². The van der Waals surface area contributed by atoms with Gasteiger partial charge in [-0.3, -0.25) is 14.3 Å². The Kier molecular flexibility index (Phi) is 3.00. The van der Waals surface area contributed by atoms with E-state index in [4.69, 9.17) is 0 Å². The molecule has 0 spiro atoms. The Balaban J connectivity index is 2.12. The molecule has 0 bridgehead atoms. The van der Waals surface area contributed by atoms with Crippen molar-refractivity contribution in [3.63, 3.8) is 0 Å². The van der Waals surface area contributed by atoms with E-state index in [1.807, 2.05) is 0 Å². The maximum Gasteiger partial charge on any atom is 0.330 e. The maximum absolute atomic E-state index is 12.1. The van der Waals surface area contributed by atoms with E-state index < -0.39 is 0 Å². The summed E-state index contributed by atoms with van der Waals surface area (Å²) in [6, 6.07) is 0. The molecule has 6 nitrogen and oxygen atoms in total. The highest BCUT2D eigenvalue weighted by molar-refractivity contribution is 5.68. The first kappa shape index (κ1) is 12.2. The minimum Gasteiger partial charge on any atom is -0.336 e. The van der Waals surface area contributed by atoms with Crippen LogP contribution in [-0.2, 0) is 6.54 Å². The van der Waals surface area contributed by atoms with E-state index in [1.54, 1.807) is 6.92 Å². The van der Waals surface area contributed by atoms with Gasteiger partial charge in [-0.1, -0.05) is 19.3 Å². The summed E-state index contributed by atoms with van der Waals surface area (Å²) >= 11 is 0. The Labute approximate surface area is 109 Å². The second kappa shape index (κ2) is 4.68. The zero-order chi connectivity index (χ0) is 13.4. The third-order valence-electron chi connectivity index (χ3n) is 3.96. The average Bonchev–Trinajstić information content (AvgIpc) is 2.84. The third kappa shape index (κ3) is 2.01. The van der Waals surface area contributed by atoms with Crippen molar-refractivity contribution in [3.8, 4) is 0 Å². The highest BCUT2D eigenvalue weighted by Crippen LogP contribution is 2.31. The number of aromatic nitrogens is 4. The summed E-state index contributed by atoms with van der Waals surface area (Å²) in [7, 11) is 0. The van der Waals surface area contributed by atoms with Crippen LogP contribution in [0.1, 0.15) is 50.8 Å². The van der Waals surface area contributed by atoms with Crippen LogP contribution in [0.2, 0.25) is 0 Å². The van der Waals surface area contributed by atoms with E-state index in [2.05, 4.69) is 15.0 Å². The molecule has 0 amide bonds. The van der Waals surface area contributed by atoms with Gasteiger partial charge in [-0.05, 0) is 19.8 Å². The van der Waals surface area contributed by atoms with Crippen molar-refractivity contribution in [2.45, 2.75) is 51.5 Å². The smallest absolute Gasteiger partial charge is 0.330 e. The molecule has 19 heavy (non-hydrogen) atoms. The lowest BCUT2D eigenvalue weighted by molar-refractivity contribution is 0.431. The Hall–Kier alpha value is -1.85. The van der Waals surface area contributed by atoms with Gasteiger partial charge in [0.2, 0.25) is 0 Å². The molecule has 1 saturated carbocycles. The predicted octanol–water partition coefficient (Wildman–Crippen LogP) is 1.48. The summed E-state index contributed by atoms with van der Waals surface area (Å²) in [6.07, 6.45) is 5.89. The molecule has 0 unspecified atom stereocenters.